The molecule has 2 N–H and O–H groups in total. The fraction of sp³-hybridized carbons (Fsp3) is 0.326. The standard InChI is InChI=1S/C46H48N4O6/c51-44-38-17-10-18-40(49(27-33-19-20-33)37-23-25-46(53,26-24-37)32-47-45(52)56-31-36-15-8-3-9-16-36)39(38)28-50(44)41-21-22-42(54-29-34-11-4-1-5-12-34)48-43(41)55-30-35-13-6-2-7-14-35/h1-18,21-22,33,37,53H,19-20,23-32H2,(H,47,52). The van der Waals surface area contributed by atoms with Crippen LogP contribution < -0.4 is 24.6 Å². The summed E-state index contributed by atoms with van der Waals surface area (Å²) in [5, 5.41) is 14.3. The minimum Gasteiger partial charge on any atom is -0.473 e. The molecule has 2 fully saturated rings. The SMILES string of the molecule is O=C(NCC1(O)CCC(N(CC2CC2)c2cccc3c2CN(c2ccc(OCc4ccccc4)nc2OCc2ccccc2)C3=O)CC1)OCc1ccccc1. The van der Waals surface area contributed by atoms with E-state index in [9.17, 15) is 14.7 Å². The van der Waals surface area contributed by atoms with E-state index in [4.69, 9.17) is 19.2 Å². The number of ether oxygens (including phenoxy) is 3. The molecule has 2 aliphatic carbocycles. The molecule has 8 rings (SSSR count). The summed E-state index contributed by atoms with van der Waals surface area (Å²) in [4.78, 5) is 35.8. The number of pyridine rings is 1. The largest absolute Gasteiger partial charge is 0.473 e. The van der Waals surface area contributed by atoms with Crippen molar-refractivity contribution in [3.05, 3.63) is 149 Å². The first-order valence-electron chi connectivity index (χ1n) is 19.6. The Morgan fingerprint density at radius 1 is 0.768 bits per heavy atom. The Kier molecular flexibility index (Phi) is 11.2. The third-order valence-corrected chi connectivity index (χ3v) is 11.1. The van der Waals surface area contributed by atoms with Gasteiger partial charge in [-0.25, -0.2) is 4.79 Å². The van der Waals surface area contributed by atoms with Gasteiger partial charge in [-0.1, -0.05) is 97.1 Å². The van der Waals surface area contributed by atoms with Gasteiger partial charge in [-0.15, -0.1) is 0 Å². The van der Waals surface area contributed by atoms with Crippen LogP contribution in [0.2, 0.25) is 0 Å². The molecule has 0 saturated heterocycles. The highest BCUT2D eigenvalue weighted by atomic mass is 16.5. The molecule has 2 amide bonds. The van der Waals surface area contributed by atoms with Gasteiger partial charge in [0.05, 0.1) is 12.1 Å². The van der Waals surface area contributed by atoms with Gasteiger partial charge in [0.15, 0.2) is 0 Å². The van der Waals surface area contributed by atoms with Gasteiger partial charge in [0.1, 0.15) is 25.5 Å². The first kappa shape index (κ1) is 37.1. The molecule has 0 atom stereocenters. The topological polar surface area (TPSA) is 113 Å². The van der Waals surface area contributed by atoms with Crippen LogP contribution in [0.3, 0.4) is 0 Å². The molecule has 1 aromatic heterocycles. The number of fused-ring (bicyclic) bond motifs is 1. The van der Waals surface area contributed by atoms with Crippen LogP contribution in [-0.2, 0) is 31.1 Å². The van der Waals surface area contributed by atoms with Crippen LogP contribution in [0.25, 0.3) is 0 Å². The summed E-state index contributed by atoms with van der Waals surface area (Å²) in [6.07, 6.45) is 4.46. The van der Waals surface area contributed by atoms with Gasteiger partial charge in [0.2, 0.25) is 11.8 Å². The number of nitrogens with one attached hydrogen (secondary N) is 1. The number of nitrogens with zero attached hydrogens (tertiary/aromatic N) is 3. The summed E-state index contributed by atoms with van der Waals surface area (Å²) in [5.74, 6) is 1.26. The van der Waals surface area contributed by atoms with Crippen LogP contribution in [0.4, 0.5) is 16.2 Å². The van der Waals surface area contributed by atoms with E-state index in [2.05, 4.69) is 16.3 Å². The average Bonchev–Trinajstić information content (AvgIpc) is 4.01. The second kappa shape index (κ2) is 16.9. The quantitative estimate of drug-likeness (QED) is 0.110. The Labute approximate surface area is 328 Å². The zero-order chi connectivity index (χ0) is 38.3. The van der Waals surface area contributed by atoms with Crippen LogP contribution in [0, 0.1) is 5.92 Å². The molecule has 0 unspecified atom stereocenters. The highest BCUT2D eigenvalue weighted by Crippen LogP contribution is 2.43. The summed E-state index contributed by atoms with van der Waals surface area (Å²) in [7, 11) is 0. The van der Waals surface area contributed by atoms with E-state index in [1.807, 2.05) is 109 Å². The zero-order valence-corrected chi connectivity index (χ0v) is 31.5. The first-order chi connectivity index (χ1) is 27.4. The van der Waals surface area contributed by atoms with Gasteiger partial charge < -0.3 is 29.5 Å². The van der Waals surface area contributed by atoms with Gasteiger partial charge in [0.25, 0.3) is 5.91 Å². The predicted octanol–water partition coefficient (Wildman–Crippen LogP) is 8.22. The number of anilines is 2. The normalized spacial score (nSPS) is 18.9. The van der Waals surface area contributed by atoms with Crippen molar-refractivity contribution in [2.24, 2.45) is 5.92 Å². The molecule has 2 heterocycles. The van der Waals surface area contributed by atoms with Crippen molar-refractivity contribution in [1.29, 1.82) is 0 Å². The molecule has 0 spiro atoms. The number of rotatable bonds is 15. The molecular weight excluding hydrogens is 705 g/mol. The van der Waals surface area contributed by atoms with Crippen molar-refractivity contribution >= 4 is 23.4 Å². The maximum Gasteiger partial charge on any atom is 0.407 e. The molecule has 3 aliphatic rings. The van der Waals surface area contributed by atoms with Gasteiger partial charge in [-0.3, -0.25) is 9.69 Å². The number of hydrogen-bond donors (Lipinski definition) is 2. The van der Waals surface area contributed by atoms with E-state index in [0.717, 1.165) is 47.3 Å². The average molecular weight is 753 g/mol. The highest BCUT2D eigenvalue weighted by Gasteiger charge is 2.40. The lowest BCUT2D eigenvalue weighted by molar-refractivity contribution is -0.000645. The lowest BCUT2D eigenvalue weighted by atomic mass is 9.81. The maximum atomic E-state index is 14.3. The number of alkyl carbamates (subject to hydrolysis) is 1. The number of aromatic nitrogens is 1. The Morgan fingerprint density at radius 3 is 2.04 bits per heavy atom. The van der Waals surface area contributed by atoms with Crippen molar-refractivity contribution in [2.75, 3.05) is 22.9 Å². The Balaban J connectivity index is 0.973. The minimum atomic E-state index is -1.01. The number of carbonyl (C=O) groups excluding carboxylic acids is 2. The summed E-state index contributed by atoms with van der Waals surface area (Å²) in [6.45, 7) is 2.24. The summed E-state index contributed by atoms with van der Waals surface area (Å²) in [5.41, 5.74) is 5.22. The van der Waals surface area contributed by atoms with Crippen molar-refractivity contribution < 1.29 is 28.9 Å². The Morgan fingerprint density at radius 2 is 1.39 bits per heavy atom. The van der Waals surface area contributed by atoms with Crippen LogP contribution in [0.15, 0.2) is 121 Å². The lowest BCUT2D eigenvalue weighted by Crippen LogP contribution is -2.50. The van der Waals surface area contributed by atoms with E-state index in [1.165, 1.54) is 12.8 Å². The Hall–Kier alpha value is -5.87. The van der Waals surface area contributed by atoms with Gasteiger partial charge in [0, 0.05) is 42.0 Å². The molecule has 10 heteroatoms. The molecule has 288 valence electrons. The number of carbonyl (C=O) groups is 2. The molecule has 56 heavy (non-hydrogen) atoms. The van der Waals surface area contributed by atoms with Gasteiger partial charge in [-0.05, 0) is 79.3 Å². The molecular formula is C46H48N4O6. The molecule has 10 nitrogen and oxygen atoms in total. The highest BCUT2D eigenvalue weighted by molar-refractivity contribution is 6.11. The smallest absolute Gasteiger partial charge is 0.407 e. The van der Waals surface area contributed by atoms with Gasteiger partial charge in [-0.2, -0.15) is 4.98 Å². The predicted molar refractivity (Wildman–Crippen MR) is 215 cm³/mol. The van der Waals surface area contributed by atoms with E-state index < -0.39 is 11.7 Å². The van der Waals surface area contributed by atoms with Crippen LogP contribution >= 0.6 is 0 Å². The number of hydrogen-bond acceptors (Lipinski definition) is 8. The second-order valence-corrected chi connectivity index (χ2v) is 15.2. The van der Waals surface area contributed by atoms with E-state index in [0.29, 0.717) is 54.9 Å². The second-order valence-electron chi connectivity index (χ2n) is 15.2. The molecule has 4 aromatic carbocycles. The van der Waals surface area contributed by atoms with Crippen molar-refractivity contribution in [1.82, 2.24) is 10.3 Å². The third-order valence-electron chi connectivity index (χ3n) is 11.1. The van der Waals surface area contributed by atoms with Crippen LogP contribution in [0.5, 0.6) is 11.8 Å². The molecule has 5 aromatic rings. The van der Waals surface area contributed by atoms with E-state index in [1.54, 1.807) is 11.0 Å². The number of aliphatic hydroxyl groups is 1. The number of benzene rings is 4. The molecule has 0 bridgehead atoms. The van der Waals surface area contributed by atoms with E-state index in [-0.39, 0.29) is 31.7 Å². The van der Waals surface area contributed by atoms with Crippen LogP contribution in [0.1, 0.15) is 71.1 Å². The third kappa shape index (κ3) is 8.98. The molecule has 0 radical (unpaired) electrons. The zero-order valence-electron chi connectivity index (χ0n) is 31.5. The maximum absolute atomic E-state index is 14.3. The Bertz CT molecular complexity index is 2100. The van der Waals surface area contributed by atoms with Crippen molar-refractivity contribution in [2.45, 2.75) is 76.5 Å². The number of amides is 2. The van der Waals surface area contributed by atoms with Crippen molar-refractivity contribution in [3.8, 4) is 11.8 Å². The summed E-state index contributed by atoms with van der Waals surface area (Å²) in [6, 6.07) is 39.2. The van der Waals surface area contributed by atoms with E-state index >= 15 is 0 Å². The fourth-order valence-corrected chi connectivity index (χ4v) is 7.71. The molecule has 2 saturated carbocycles. The fourth-order valence-electron chi connectivity index (χ4n) is 7.71. The lowest BCUT2D eigenvalue weighted by Gasteiger charge is -2.42. The minimum absolute atomic E-state index is 0.0965. The monoisotopic (exact) mass is 752 g/mol. The van der Waals surface area contributed by atoms with Gasteiger partial charge >= 0.3 is 6.09 Å². The molecule has 1 aliphatic heterocycles. The van der Waals surface area contributed by atoms with Crippen LogP contribution in [-0.4, -0.2) is 46.8 Å². The van der Waals surface area contributed by atoms with Crippen molar-refractivity contribution in [3.63, 3.8) is 0 Å². The summed E-state index contributed by atoms with van der Waals surface area (Å²) < 4.78 is 17.8. The summed E-state index contributed by atoms with van der Waals surface area (Å²) >= 11 is 0. The first-order valence-corrected chi connectivity index (χ1v) is 19.6.